The highest BCUT2D eigenvalue weighted by Crippen LogP contribution is 2.47. The lowest BCUT2D eigenvalue weighted by atomic mass is 10.0. The van der Waals surface area contributed by atoms with Gasteiger partial charge >= 0.3 is 0 Å². The number of aryl methyl sites for hydroxylation is 1. The molecule has 2 aromatic heterocycles. The summed E-state index contributed by atoms with van der Waals surface area (Å²) in [6.07, 6.45) is 6.99. The van der Waals surface area contributed by atoms with E-state index >= 15 is 0 Å². The standard InChI is InChI=1S/C40H43FN6O8S/c1-23-18-32(45-55-23)34(48)42-30-13-7-5-3-4-6-10-24-21-40(24,38(51)46-56(52,53)39(2)16-17-39)44-35(49)33-20-26(22-47(33)37(30)50)54-36-29-12-9-8-11-27(29)28-15-14-25(41)19-31(28)43-36/h6,8-12,14-15,18-19,24,26,30,33H,3-5,7,13,16-17,20-22H2,1-2H3,(H,42,48)(H,44,49)(H,46,51)/t24-,26-,30+,33+,40-/m1/s1. The third kappa shape index (κ3) is 7.10. The molecule has 294 valence electrons. The van der Waals surface area contributed by atoms with Crippen LogP contribution >= 0.6 is 0 Å². The fraction of sp³-hybridized carbons (Fsp3) is 0.450. The molecule has 0 spiro atoms. The van der Waals surface area contributed by atoms with E-state index in [2.05, 4.69) is 25.5 Å². The van der Waals surface area contributed by atoms with Crippen LogP contribution in [0.4, 0.5) is 4.39 Å². The number of amides is 4. The van der Waals surface area contributed by atoms with Gasteiger partial charge in [0.25, 0.3) is 11.8 Å². The maximum atomic E-state index is 14.6. The fourth-order valence-electron chi connectivity index (χ4n) is 7.80. The molecule has 4 aromatic rings. The SMILES string of the molecule is Cc1cc(C(=O)N[C@H]2CCCCCC=C[C@@H]3C[C@@]3(C(=O)NS(=O)(=O)C3(C)CC3)NC(=O)[C@@H]3C[C@@H](Oc4nc5cc(F)ccc5c5ccccc45)CN3C2=O)no1. The number of carbonyl (C=O) groups is 4. The van der Waals surface area contributed by atoms with E-state index in [0.29, 0.717) is 42.3 Å². The molecule has 2 saturated carbocycles. The van der Waals surface area contributed by atoms with Crippen molar-refractivity contribution in [3.63, 3.8) is 0 Å². The van der Waals surface area contributed by atoms with Crippen LogP contribution in [0, 0.1) is 18.7 Å². The molecule has 2 aliphatic carbocycles. The fourth-order valence-corrected chi connectivity index (χ4v) is 9.11. The Balaban J connectivity index is 1.13. The molecule has 5 atom stereocenters. The van der Waals surface area contributed by atoms with Crippen LogP contribution < -0.4 is 20.1 Å². The molecule has 56 heavy (non-hydrogen) atoms. The van der Waals surface area contributed by atoms with Crippen LogP contribution in [0.1, 0.15) is 81.0 Å². The summed E-state index contributed by atoms with van der Waals surface area (Å²) in [7, 11) is -4.02. The van der Waals surface area contributed by atoms with E-state index in [1.165, 1.54) is 23.1 Å². The van der Waals surface area contributed by atoms with Gasteiger partial charge in [-0.1, -0.05) is 48.3 Å². The number of nitrogens with zero attached hydrogens (tertiary/aromatic N) is 3. The van der Waals surface area contributed by atoms with E-state index in [4.69, 9.17) is 9.26 Å². The van der Waals surface area contributed by atoms with Crippen LogP contribution in [-0.4, -0.2) is 82.1 Å². The molecule has 3 N–H and O–H groups in total. The Bertz CT molecular complexity index is 2400. The number of ether oxygens (including phenoxy) is 1. The highest BCUT2D eigenvalue weighted by atomic mass is 32.2. The lowest BCUT2D eigenvalue weighted by Crippen LogP contribution is -2.58. The first kappa shape index (κ1) is 37.5. The van der Waals surface area contributed by atoms with E-state index in [-0.39, 0.29) is 37.4 Å². The van der Waals surface area contributed by atoms with E-state index in [0.717, 1.165) is 23.6 Å². The minimum absolute atomic E-state index is 0.00156. The Morgan fingerprint density at radius 1 is 1.05 bits per heavy atom. The van der Waals surface area contributed by atoms with Gasteiger partial charge in [0.15, 0.2) is 5.69 Å². The number of allylic oxidation sites excluding steroid dienone is 1. The molecule has 2 aliphatic heterocycles. The van der Waals surface area contributed by atoms with Gasteiger partial charge in [0, 0.05) is 35.2 Å². The normalized spacial score (nSPS) is 26.4. The summed E-state index contributed by atoms with van der Waals surface area (Å²) in [5.74, 6) is -2.98. The van der Waals surface area contributed by atoms with Crippen LogP contribution in [0.25, 0.3) is 21.7 Å². The van der Waals surface area contributed by atoms with Gasteiger partial charge in [0.2, 0.25) is 27.7 Å². The van der Waals surface area contributed by atoms with Crippen molar-refractivity contribution in [1.82, 2.24) is 30.4 Å². The van der Waals surface area contributed by atoms with Crippen molar-refractivity contribution in [2.45, 2.75) is 100 Å². The number of rotatable bonds is 7. The third-order valence-electron chi connectivity index (χ3n) is 11.5. The Morgan fingerprint density at radius 2 is 1.84 bits per heavy atom. The number of nitrogens with one attached hydrogen (secondary N) is 3. The third-order valence-corrected chi connectivity index (χ3v) is 13.7. The second kappa shape index (κ2) is 14.3. The van der Waals surface area contributed by atoms with Crippen molar-refractivity contribution >= 4 is 55.3 Å². The number of fused-ring (bicyclic) bond motifs is 5. The van der Waals surface area contributed by atoms with Gasteiger partial charge in [-0.3, -0.25) is 23.9 Å². The van der Waals surface area contributed by atoms with Gasteiger partial charge in [-0.2, -0.15) is 0 Å². The Morgan fingerprint density at radius 3 is 2.59 bits per heavy atom. The molecule has 1 saturated heterocycles. The number of sulfonamides is 1. The van der Waals surface area contributed by atoms with E-state index in [1.807, 2.05) is 36.4 Å². The number of halogens is 1. The van der Waals surface area contributed by atoms with Crippen LogP contribution in [0.15, 0.2) is 65.2 Å². The molecule has 0 unspecified atom stereocenters. The zero-order valence-corrected chi connectivity index (χ0v) is 31.9. The molecule has 0 bridgehead atoms. The second-order valence-electron chi connectivity index (χ2n) is 15.7. The lowest BCUT2D eigenvalue weighted by molar-refractivity contribution is -0.141. The number of aromatic nitrogens is 2. The summed E-state index contributed by atoms with van der Waals surface area (Å²) in [6, 6.07) is 10.9. The first-order valence-electron chi connectivity index (χ1n) is 19.0. The van der Waals surface area contributed by atoms with Gasteiger partial charge in [-0.15, -0.1) is 0 Å². The minimum atomic E-state index is -4.02. The highest BCUT2D eigenvalue weighted by molar-refractivity contribution is 7.91. The van der Waals surface area contributed by atoms with Crippen LogP contribution in [0.3, 0.4) is 0 Å². The number of benzene rings is 2. The molecule has 4 heterocycles. The molecule has 16 heteroatoms. The van der Waals surface area contributed by atoms with Crippen LogP contribution in [0.5, 0.6) is 5.88 Å². The van der Waals surface area contributed by atoms with Gasteiger partial charge in [-0.05, 0) is 76.0 Å². The van der Waals surface area contributed by atoms with Crippen molar-refractivity contribution in [2.24, 2.45) is 5.92 Å². The zero-order chi connectivity index (χ0) is 39.4. The van der Waals surface area contributed by atoms with E-state index in [9.17, 15) is 32.0 Å². The summed E-state index contributed by atoms with van der Waals surface area (Å²) in [4.78, 5) is 62.3. The van der Waals surface area contributed by atoms with Crippen molar-refractivity contribution in [3.8, 4) is 5.88 Å². The van der Waals surface area contributed by atoms with Crippen molar-refractivity contribution in [2.75, 3.05) is 6.54 Å². The summed E-state index contributed by atoms with van der Waals surface area (Å²) in [6.45, 7) is 3.13. The average Bonchev–Trinajstić information content (AvgIpc) is 3.97. The van der Waals surface area contributed by atoms with Crippen molar-refractivity contribution in [1.29, 1.82) is 0 Å². The molecular formula is C40H43FN6O8S. The van der Waals surface area contributed by atoms with E-state index < -0.39 is 73.9 Å². The second-order valence-corrected chi connectivity index (χ2v) is 17.9. The number of carbonyl (C=O) groups excluding carboxylic acids is 4. The quantitative estimate of drug-likeness (QED) is 0.179. The Labute approximate surface area is 322 Å². The van der Waals surface area contributed by atoms with Crippen molar-refractivity contribution < 1.29 is 41.2 Å². The molecular weight excluding hydrogens is 744 g/mol. The monoisotopic (exact) mass is 786 g/mol. The molecule has 8 rings (SSSR count). The summed E-state index contributed by atoms with van der Waals surface area (Å²) in [5, 5.41) is 11.6. The molecule has 2 aromatic carbocycles. The van der Waals surface area contributed by atoms with Crippen LogP contribution in [-0.2, 0) is 24.4 Å². The summed E-state index contributed by atoms with van der Waals surface area (Å²) < 4.78 is 53.5. The van der Waals surface area contributed by atoms with E-state index in [1.54, 1.807) is 19.9 Å². The number of hydrogen-bond acceptors (Lipinski definition) is 10. The molecule has 3 fully saturated rings. The van der Waals surface area contributed by atoms with Gasteiger partial charge in [0.1, 0.15) is 35.3 Å². The zero-order valence-electron chi connectivity index (χ0n) is 31.0. The first-order valence-corrected chi connectivity index (χ1v) is 20.5. The smallest absolute Gasteiger partial charge is 0.274 e. The highest BCUT2D eigenvalue weighted by Gasteiger charge is 2.63. The topological polar surface area (TPSA) is 190 Å². The minimum Gasteiger partial charge on any atom is -0.472 e. The largest absolute Gasteiger partial charge is 0.472 e. The number of hydrogen-bond donors (Lipinski definition) is 3. The summed E-state index contributed by atoms with van der Waals surface area (Å²) in [5.41, 5.74) is -1.19. The predicted octanol–water partition coefficient (Wildman–Crippen LogP) is 4.36. The Kier molecular flexibility index (Phi) is 9.58. The predicted molar refractivity (Wildman–Crippen MR) is 202 cm³/mol. The molecule has 4 amide bonds. The lowest BCUT2D eigenvalue weighted by Gasteiger charge is -2.30. The van der Waals surface area contributed by atoms with Gasteiger partial charge in [0.05, 0.1) is 16.8 Å². The Hall–Kier alpha value is -5.38. The van der Waals surface area contributed by atoms with Crippen LogP contribution in [0.2, 0.25) is 0 Å². The first-order chi connectivity index (χ1) is 26.8. The molecule has 0 radical (unpaired) electrons. The van der Waals surface area contributed by atoms with Gasteiger partial charge in [-0.25, -0.2) is 17.8 Å². The summed E-state index contributed by atoms with van der Waals surface area (Å²) >= 11 is 0. The van der Waals surface area contributed by atoms with Gasteiger partial charge < -0.3 is 24.8 Å². The van der Waals surface area contributed by atoms with Crippen molar-refractivity contribution in [3.05, 3.63) is 78.0 Å². The maximum Gasteiger partial charge on any atom is 0.274 e. The molecule has 4 aliphatic rings. The number of pyridine rings is 1. The maximum absolute atomic E-state index is 14.6. The average molecular weight is 787 g/mol. The molecule has 14 nitrogen and oxygen atoms in total.